The van der Waals surface area contributed by atoms with E-state index in [0.29, 0.717) is 15.8 Å². The van der Waals surface area contributed by atoms with Crippen molar-refractivity contribution >= 4 is 15.9 Å². The van der Waals surface area contributed by atoms with Crippen LogP contribution in [0.1, 0.15) is 0 Å². The van der Waals surface area contributed by atoms with Gasteiger partial charge in [0, 0.05) is 11.8 Å². The molecule has 0 fully saturated rings. The Morgan fingerprint density at radius 2 is 2.23 bits per heavy atom. The van der Waals surface area contributed by atoms with Gasteiger partial charge in [0.15, 0.2) is 0 Å². The lowest BCUT2D eigenvalue weighted by Gasteiger charge is -1.99. The van der Waals surface area contributed by atoms with Crippen LogP contribution in [-0.4, -0.2) is 4.98 Å². The van der Waals surface area contributed by atoms with Gasteiger partial charge >= 0.3 is 0 Å². The summed E-state index contributed by atoms with van der Waals surface area (Å²) in [4.78, 5) is 3.49. The van der Waals surface area contributed by atoms with Crippen molar-refractivity contribution in [2.45, 2.75) is 0 Å². The minimum Gasteiger partial charge on any atom is -0.464 e. The minimum absolute atomic E-state index is 0.324. The second kappa shape index (κ2) is 3.30. The molecule has 0 amide bonds. The van der Waals surface area contributed by atoms with E-state index in [4.69, 9.17) is 4.42 Å². The molecule has 2 rings (SSSR count). The van der Waals surface area contributed by atoms with Crippen molar-refractivity contribution in [2.75, 3.05) is 0 Å². The normalized spacial score (nSPS) is 10.3. The molecule has 0 unspecified atom stereocenters. The molecule has 0 aliphatic heterocycles. The van der Waals surface area contributed by atoms with Gasteiger partial charge in [-0.3, -0.25) is 0 Å². The van der Waals surface area contributed by atoms with E-state index < -0.39 is 5.95 Å². The molecule has 0 radical (unpaired) electrons. The van der Waals surface area contributed by atoms with Gasteiger partial charge in [-0.15, -0.1) is 0 Å². The molecule has 0 atom stereocenters. The highest BCUT2D eigenvalue weighted by Crippen LogP contribution is 2.29. The zero-order valence-electron chi connectivity index (χ0n) is 6.50. The SMILES string of the molecule is Fc1nccc(-c2ccco2)c1Br. The van der Waals surface area contributed by atoms with E-state index in [1.165, 1.54) is 6.20 Å². The zero-order valence-corrected chi connectivity index (χ0v) is 8.08. The van der Waals surface area contributed by atoms with Gasteiger partial charge in [0.25, 0.3) is 0 Å². The molecule has 0 saturated carbocycles. The van der Waals surface area contributed by atoms with E-state index in [9.17, 15) is 4.39 Å². The summed E-state index contributed by atoms with van der Waals surface area (Å²) in [6, 6.07) is 5.20. The average molecular weight is 242 g/mol. The van der Waals surface area contributed by atoms with Crippen LogP contribution < -0.4 is 0 Å². The third-order valence-corrected chi connectivity index (χ3v) is 2.39. The first-order chi connectivity index (χ1) is 6.29. The lowest BCUT2D eigenvalue weighted by Crippen LogP contribution is -1.86. The molecule has 0 aliphatic carbocycles. The van der Waals surface area contributed by atoms with Crippen LogP contribution in [-0.2, 0) is 0 Å². The second-order valence-corrected chi connectivity index (χ2v) is 3.23. The maximum absolute atomic E-state index is 13.0. The van der Waals surface area contributed by atoms with Crippen molar-refractivity contribution < 1.29 is 8.81 Å². The zero-order chi connectivity index (χ0) is 9.26. The highest BCUT2D eigenvalue weighted by Gasteiger charge is 2.09. The topological polar surface area (TPSA) is 26.0 Å². The summed E-state index contributed by atoms with van der Waals surface area (Å²) in [5, 5.41) is 0. The molecule has 0 N–H and O–H groups in total. The van der Waals surface area contributed by atoms with Gasteiger partial charge in [-0.2, -0.15) is 4.39 Å². The largest absolute Gasteiger partial charge is 0.464 e. The highest BCUT2D eigenvalue weighted by molar-refractivity contribution is 9.10. The predicted octanol–water partition coefficient (Wildman–Crippen LogP) is 3.24. The van der Waals surface area contributed by atoms with Crippen LogP contribution in [0.4, 0.5) is 4.39 Å². The van der Waals surface area contributed by atoms with Crippen LogP contribution in [0.15, 0.2) is 39.5 Å². The fraction of sp³-hybridized carbons (Fsp3) is 0. The maximum atomic E-state index is 13.0. The smallest absolute Gasteiger partial charge is 0.227 e. The van der Waals surface area contributed by atoms with E-state index in [2.05, 4.69) is 20.9 Å². The highest BCUT2D eigenvalue weighted by atomic mass is 79.9. The van der Waals surface area contributed by atoms with E-state index in [1.807, 2.05) is 0 Å². The molecule has 0 saturated heterocycles. The lowest BCUT2D eigenvalue weighted by atomic mass is 10.2. The summed E-state index contributed by atoms with van der Waals surface area (Å²) in [6.07, 6.45) is 2.94. The molecular formula is C9H5BrFNO. The monoisotopic (exact) mass is 241 g/mol. The quantitative estimate of drug-likeness (QED) is 0.717. The number of hydrogen-bond acceptors (Lipinski definition) is 2. The van der Waals surface area contributed by atoms with Crippen molar-refractivity contribution in [2.24, 2.45) is 0 Å². The Hall–Kier alpha value is -1.16. The van der Waals surface area contributed by atoms with Crippen molar-refractivity contribution in [1.82, 2.24) is 4.98 Å². The van der Waals surface area contributed by atoms with Crippen molar-refractivity contribution in [3.8, 4) is 11.3 Å². The minimum atomic E-state index is -0.533. The van der Waals surface area contributed by atoms with Gasteiger partial charge in [-0.25, -0.2) is 4.98 Å². The van der Waals surface area contributed by atoms with Gasteiger partial charge in [0.05, 0.1) is 10.7 Å². The standard InChI is InChI=1S/C9H5BrFNO/c10-8-6(3-4-12-9(8)11)7-2-1-5-13-7/h1-5H. The Bertz CT molecular complexity index is 414. The number of pyridine rings is 1. The van der Waals surface area contributed by atoms with Crippen molar-refractivity contribution in [1.29, 1.82) is 0 Å². The van der Waals surface area contributed by atoms with Gasteiger partial charge in [-0.1, -0.05) is 0 Å². The summed E-state index contributed by atoms with van der Waals surface area (Å²) in [5.74, 6) is 0.0853. The Morgan fingerprint density at radius 1 is 1.38 bits per heavy atom. The molecule has 0 aromatic carbocycles. The lowest BCUT2D eigenvalue weighted by molar-refractivity contribution is 0.566. The molecule has 2 heterocycles. The van der Waals surface area contributed by atoms with Gasteiger partial charge < -0.3 is 4.42 Å². The summed E-state index contributed by atoms with van der Waals surface area (Å²) >= 11 is 3.10. The van der Waals surface area contributed by atoms with Crippen LogP contribution in [0.3, 0.4) is 0 Å². The van der Waals surface area contributed by atoms with Gasteiger partial charge in [0.2, 0.25) is 5.95 Å². The van der Waals surface area contributed by atoms with E-state index in [1.54, 1.807) is 24.5 Å². The Morgan fingerprint density at radius 3 is 2.92 bits per heavy atom. The summed E-state index contributed by atoms with van der Waals surface area (Å²) in [6.45, 7) is 0. The molecule has 4 heteroatoms. The number of nitrogens with zero attached hydrogens (tertiary/aromatic N) is 1. The molecule has 2 aromatic heterocycles. The number of aromatic nitrogens is 1. The molecule has 2 nitrogen and oxygen atoms in total. The Labute approximate surface area is 82.5 Å². The van der Waals surface area contributed by atoms with Gasteiger partial charge in [-0.05, 0) is 34.1 Å². The summed E-state index contributed by atoms with van der Waals surface area (Å²) < 4.78 is 18.4. The second-order valence-electron chi connectivity index (χ2n) is 2.44. The third kappa shape index (κ3) is 1.49. The number of furan rings is 1. The van der Waals surface area contributed by atoms with Crippen molar-refractivity contribution in [3.05, 3.63) is 41.1 Å². The van der Waals surface area contributed by atoms with E-state index in [0.717, 1.165) is 0 Å². The third-order valence-electron chi connectivity index (χ3n) is 1.63. The fourth-order valence-electron chi connectivity index (χ4n) is 1.04. The fourth-order valence-corrected chi connectivity index (χ4v) is 1.47. The predicted molar refractivity (Wildman–Crippen MR) is 49.6 cm³/mol. The number of halogens is 2. The van der Waals surface area contributed by atoms with E-state index in [-0.39, 0.29) is 0 Å². The van der Waals surface area contributed by atoms with Crippen LogP contribution in [0, 0.1) is 5.95 Å². The number of hydrogen-bond donors (Lipinski definition) is 0. The molecule has 0 bridgehead atoms. The first-order valence-corrected chi connectivity index (χ1v) is 4.42. The molecule has 66 valence electrons. The van der Waals surface area contributed by atoms with E-state index >= 15 is 0 Å². The summed E-state index contributed by atoms with van der Waals surface area (Å²) in [7, 11) is 0. The van der Waals surface area contributed by atoms with Crippen LogP contribution in [0.5, 0.6) is 0 Å². The van der Waals surface area contributed by atoms with Crippen LogP contribution in [0.2, 0.25) is 0 Å². The first-order valence-electron chi connectivity index (χ1n) is 3.63. The maximum Gasteiger partial charge on any atom is 0.227 e. The number of rotatable bonds is 1. The Balaban J connectivity index is 2.59. The van der Waals surface area contributed by atoms with Gasteiger partial charge in [0.1, 0.15) is 5.76 Å². The first kappa shape index (κ1) is 8.44. The summed E-state index contributed by atoms with van der Waals surface area (Å²) in [5.41, 5.74) is 0.664. The van der Waals surface area contributed by atoms with Crippen LogP contribution in [0.25, 0.3) is 11.3 Å². The molecule has 0 aliphatic rings. The Kier molecular flexibility index (Phi) is 2.14. The molecule has 13 heavy (non-hydrogen) atoms. The van der Waals surface area contributed by atoms with Crippen molar-refractivity contribution in [3.63, 3.8) is 0 Å². The molecule has 2 aromatic rings. The van der Waals surface area contributed by atoms with Crippen LogP contribution >= 0.6 is 15.9 Å². The molecular weight excluding hydrogens is 237 g/mol. The average Bonchev–Trinajstić information content (AvgIpc) is 2.62. The molecule has 0 spiro atoms.